The van der Waals surface area contributed by atoms with E-state index < -0.39 is 5.91 Å². The molecule has 0 radical (unpaired) electrons. The molecule has 1 heterocycles. The number of carbonyl (C=O) groups excluding carboxylic acids is 1. The molecule has 5 nitrogen and oxygen atoms in total. The minimum Gasteiger partial charge on any atom is -0.465 e. The van der Waals surface area contributed by atoms with E-state index in [1.54, 1.807) is 13.0 Å². The molecule has 39 heavy (non-hydrogen) atoms. The molecule has 1 amide bonds. The van der Waals surface area contributed by atoms with Gasteiger partial charge < -0.3 is 9.64 Å². The summed E-state index contributed by atoms with van der Waals surface area (Å²) >= 11 is 0. The molecule has 0 aromatic heterocycles. The Morgan fingerprint density at radius 1 is 1.00 bits per heavy atom. The normalized spacial score (nSPS) is 17.2. The van der Waals surface area contributed by atoms with Crippen LogP contribution in [0.4, 0.5) is 4.39 Å². The van der Waals surface area contributed by atoms with Crippen LogP contribution < -0.4 is 0 Å². The van der Waals surface area contributed by atoms with Gasteiger partial charge in [0, 0.05) is 42.1 Å². The third-order valence-electron chi connectivity index (χ3n) is 7.91. The second-order valence-electron chi connectivity index (χ2n) is 10.5. The largest absolute Gasteiger partial charge is 0.465 e. The van der Waals surface area contributed by atoms with Gasteiger partial charge in [-0.1, -0.05) is 86.1 Å². The van der Waals surface area contributed by atoms with Gasteiger partial charge in [-0.25, -0.2) is 4.39 Å². The van der Waals surface area contributed by atoms with Crippen LogP contribution in [-0.4, -0.2) is 23.1 Å². The Kier molecular flexibility index (Phi) is 8.20. The number of ether oxygens (including phenoxy) is 1. The third kappa shape index (κ3) is 5.95. The minimum atomic E-state index is -0.588. The Balaban J connectivity index is 0.000000465. The fourth-order valence-corrected chi connectivity index (χ4v) is 5.36. The predicted molar refractivity (Wildman–Crippen MR) is 152 cm³/mol. The highest BCUT2D eigenvalue weighted by molar-refractivity contribution is 5.89. The highest BCUT2D eigenvalue weighted by Gasteiger charge is 2.57. The molecule has 0 atom stereocenters. The van der Waals surface area contributed by atoms with Gasteiger partial charge >= 0.3 is 0 Å². The monoisotopic (exact) mass is 526 g/mol. The molecule has 0 bridgehead atoms. The van der Waals surface area contributed by atoms with Crippen LogP contribution in [0.5, 0.6) is 0 Å². The van der Waals surface area contributed by atoms with Gasteiger partial charge in [-0.2, -0.15) is 0 Å². The van der Waals surface area contributed by atoms with Crippen LogP contribution in [0.25, 0.3) is 11.5 Å². The summed E-state index contributed by atoms with van der Waals surface area (Å²) < 4.78 is 21.3. The van der Waals surface area contributed by atoms with Crippen molar-refractivity contribution in [1.29, 1.82) is 0 Å². The maximum Gasteiger partial charge on any atom is 0.286 e. The maximum absolute atomic E-state index is 14.6. The molecule has 0 saturated heterocycles. The van der Waals surface area contributed by atoms with Gasteiger partial charge in [-0.3, -0.25) is 4.79 Å². The number of rotatable bonds is 8. The lowest BCUT2D eigenvalue weighted by atomic mass is 9.79. The van der Waals surface area contributed by atoms with E-state index in [4.69, 9.17) is 9.64 Å². The zero-order chi connectivity index (χ0) is 27.2. The van der Waals surface area contributed by atoms with Crippen LogP contribution in [-0.2, 0) is 16.0 Å². The number of carbonyl (C=O) groups is 1. The lowest BCUT2D eigenvalue weighted by Crippen LogP contribution is -2.33. The Morgan fingerprint density at radius 2 is 1.67 bits per heavy atom. The van der Waals surface area contributed by atoms with E-state index in [2.05, 4.69) is 70.7 Å². The number of nitrogens with zero attached hydrogens (tertiary/aromatic N) is 2. The molecule has 0 N–H and O–H groups in total. The van der Waals surface area contributed by atoms with Crippen molar-refractivity contribution in [3.8, 4) is 0 Å². The molecule has 2 saturated carbocycles. The van der Waals surface area contributed by atoms with Crippen molar-refractivity contribution in [2.75, 3.05) is 6.54 Å². The molecule has 1 aliphatic heterocycles. The predicted octanol–water partition coefficient (Wildman–Crippen LogP) is 8.06. The van der Waals surface area contributed by atoms with Crippen molar-refractivity contribution < 1.29 is 13.9 Å². The molecular weight excluding hydrogens is 491 g/mol. The molecule has 3 aliphatic rings. The standard InChI is InChI=1S/C30H30FNO.C3H5NO2/c31-27-17-16-25(22-13-7-14-22)21-26(27)15-8-20-32-28(23-9-3-1-4-10-23)29(33-30(32)18-19-30)24-11-5-2-6-12-24;1-2-3(5)4-6/h1-6,9-12,16-17,21-22H,7-8,13-15,18-20H2;2H2,1H3. The SMILES string of the molecule is CCC(=O)N=O.Fc1ccc(C2CCC2)cc1CCCN1C(c2ccccc2)=C(c2ccccc2)OC12CC2. The molecule has 2 fully saturated rings. The molecule has 0 unspecified atom stereocenters. The lowest BCUT2D eigenvalue weighted by Gasteiger charge is -2.28. The summed E-state index contributed by atoms with van der Waals surface area (Å²) in [6, 6.07) is 26.7. The highest BCUT2D eigenvalue weighted by atomic mass is 19.1. The number of hydrogen-bond acceptors (Lipinski definition) is 4. The number of amides is 1. The number of hydrogen-bond donors (Lipinski definition) is 0. The molecule has 3 aromatic rings. The van der Waals surface area contributed by atoms with E-state index in [0.29, 0.717) is 5.92 Å². The number of benzene rings is 3. The fraction of sp³-hybridized carbons (Fsp3) is 0.364. The van der Waals surface area contributed by atoms with Crippen molar-refractivity contribution in [1.82, 2.24) is 4.90 Å². The average molecular weight is 527 g/mol. The molecule has 3 aromatic carbocycles. The Hall–Kier alpha value is -3.80. The first-order valence-corrected chi connectivity index (χ1v) is 14.0. The molecule has 202 valence electrons. The quantitative estimate of drug-likeness (QED) is 0.279. The van der Waals surface area contributed by atoms with Crippen molar-refractivity contribution in [3.05, 3.63) is 112 Å². The van der Waals surface area contributed by atoms with Crippen LogP contribution in [0.1, 0.15) is 80.0 Å². The van der Waals surface area contributed by atoms with E-state index in [1.165, 1.54) is 36.1 Å². The second-order valence-corrected chi connectivity index (χ2v) is 10.5. The van der Waals surface area contributed by atoms with Gasteiger partial charge in [0.1, 0.15) is 5.82 Å². The Morgan fingerprint density at radius 3 is 2.21 bits per heavy atom. The van der Waals surface area contributed by atoms with E-state index in [1.807, 2.05) is 12.1 Å². The van der Waals surface area contributed by atoms with Gasteiger partial charge in [-0.05, 0) is 48.8 Å². The average Bonchev–Trinajstić information content (AvgIpc) is 3.66. The highest BCUT2D eigenvalue weighted by Crippen LogP contribution is 2.56. The van der Waals surface area contributed by atoms with Crippen molar-refractivity contribution in [3.63, 3.8) is 0 Å². The number of aryl methyl sites for hydroxylation is 1. The lowest BCUT2D eigenvalue weighted by molar-refractivity contribution is -0.117. The van der Waals surface area contributed by atoms with E-state index in [0.717, 1.165) is 49.1 Å². The first kappa shape index (κ1) is 26.8. The summed E-state index contributed by atoms with van der Waals surface area (Å²) in [7, 11) is 0. The Labute approximate surface area is 229 Å². The first-order chi connectivity index (χ1) is 19.0. The van der Waals surface area contributed by atoms with Gasteiger partial charge in [0.2, 0.25) is 0 Å². The number of nitroso groups, excluding NO2 is 1. The third-order valence-corrected chi connectivity index (χ3v) is 7.91. The fourth-order valence-electron chi connectivity index (χ4n) is 5.36. The molecular formula is C33H35FN2O3. The van der Waals surface area contributed by atoms with E-state index in [-0.39, 0.29) is 18.0 Å². The zero-order valence-electron chi connectivity index (χ0n) is 22.4. The zero-order valence-corrected chi connectivity index (χ0v) is 22.4. The van der Waals surface area contributed by atoms with Gasteiger partial charge in [0.05, 0.1) is 5.70 Å². The van der Waals surface area contributed by atoms with Gasteiger partial charge in [-0.15, -0.1) is 4.91 Å². The first-order valence-electron chi connectivity index (χ1n) is 14.0. The summed E-state index contributed by atoms with van der Waals surface area (Å²) in [5.74, 6) is 0.945. The smallest absolute Gasteiger partial charge is 0.286 e. The van der Waals surface area contributed by atoms with Crippen molar-refractivity contribution in [2.45, 2.75) is 69.9 Å². The van der Waals surface area contributed by atoms with Crippen LogP contribution in [0.2, 0.25) is 0 Å². The van der Waals surface area contributed by atoms with Crippen molar-refractivity contribution >= 4 is 17.4 Å². The topological polar surface area (TPSA) is 59.0 Å². The van der Waals surface area contributed by atoms with Gasteiger partial charge in [0.25, 0.3) is 5.91 Å². The summed E-state index contributed by atoms with van der Waals surface area (Å²) in [6.07, 6.45) is 7.71. The molecule has 1 spiro atoms. The van der Waals surface area contributed by atoms with Gasteiger partial charge in [0.15, 0.2) is 11.5 Å². The van der Waals surface area contributed by atoms with Crippen LogP contribution in [0.15, 0.2) is 84.0 Å². The summed E-state index contributed by atoms with van der Waals surface area (Å²) in [5, 5.41) is 2.12. The molecule has 2 aliphatic carbocycles. The van der Waals surface area contributed by atoms with Crippen LogP contribution in [0, 0.1) is 10.7 Å². The maximum atomic E-state index is 14.6. The van der Waals surface area contributed by atoms with Crippen LogP contribution in [0.3, 0.4) is 0 Å². The summed E-state index contributed by atoms with van der Waals surface area (Å²) in [6.45, 7) is 2.44. The van der Waals surface area contributed by atoms with Crippen molar-refractivity contribution in [2.24, 2.45) is 5.18 Å². The second kappa shape index (κ2) is 11.9. The molecule has 6 heteroatoms. The molecule has 6 rings (SSSR count). The number of halogens is 1. The summed E-state index contributed by atoms with van der Waals surface area (Å²) in [5.41, 5.74) is 5.41. The minimum absolute atomic E-state index is 0.0688. The van der Waals surface area contributed by atoms with Crippen LogP contribution >= 0.6 is 0 Å². The summed E-state index contributed by atoms with van der Waals surface area (Å²) in [4.78, 5) is 21.3. The Bertz CT molecular complexity index is 1330. The van der Waals surface area contributed by atoms with E-state index >= 15 is 0 Å². The van der Waals surface area contributed by atoms with E-state index in [9.17, 15) is 9.18 Å².